The summed E-state index contributed by atoms with van der Waals surface area (Å²) in [6, 6.07) is 7.74. The number of alkyl halides is 3. The number of imidazole rings is 1. The molecule has 0 bridgehead atoms. The van der Waals surface area contributed by atoms with Crippen molar-refractivity contribution >= 4 is 11.6 Å². The third-order valence-electron chi connectivity index (χ3n) is 4.01. The van der Waals surface area contributed by atoms with Crippen LogP contribution < -0.4 is 5.32 Å². The van der Waals surface area contributed by atoms with Crippen LogP contribution in [0.5, 0.6) is 0 Å². The van der Waals surface area contributed by atoms with Gasteiger partial charge in [0.1, 0.15) is 5.65 Å². The molecule has 1 atom stereocenters. The van der Waals surface area contributed by atoms with E-state index in [9.17, 15) is 18.0 Å². The molecule has 0 fully saturated rings. The zero-order chi connectivity index (χ0) is 18.2. The van der Waals surface area contributed by atoms with E-state index < -0.39 is 17.8 Å². The number of benzene rings is 1. The van der Waals surface area contributed by atoms with E-state index in [4.69, 9.17) is 0 Å². The van der Waals surface area contributed by atoms with Gasteiger partial charge in [-0.3, -0.25) is 4.79 Å². The van der Waals surface area contributed by atoms with Gasteiger partial charge in [0.25, 0.3) is 5.91 Å². The van der Waals surface area contributed by atoms with E-state index in [1.165, 1.54) is 6.07 Å². The maximum atomic E-state index is 12.8. The van der Waals surface area contributed by atoms with E-state index in [0.717, 1.165) is 23.5 Å². The van der Waals surface area contributed by atoms with E-state index in [2.05, 4.69) is 10.3 Å². The summed E-state index contributed by atoms with van der Waals surface area (Å²) < 4.78 is 40.2. The van der Waals surface area contributed by atoms with Crippen LogP contribution in [0.3, 0.4) is 0 Å². The fraction of sp³-hybridized carbons (Fsp3) is 0.222. The van der Waals surface area contributed by atoms with Crippen molar-refractivity contribution in [1.29, 1.82) is 0 Å². The summed E-state index contributed by atoms with van der Waals surface area (Å²) in [6.07, 6.45) is -1.06. The fourth-order valence-corrected chi connectivity index (χ4v) is 2.58. The molecule has 2 aromatic heterocycles. The number of fused-ring (bicyclic) bond motifs is 1. The Morgan fingerprint density at radius 1 is 1.24 bits per heavy atom. The lowest BCUT2D eigenvalue weighted by Gasteiger charge is -2.16. The summed E-state index contributed by atoms with van der Waals surface area (Å²) in [4.78, 5) is 16.6. The van der Waals surface area contributed by atoms with Crippen molar-refractivity contribution in [2.45, 2.75) is 26.1 Å². The average molecular weight is 347 g/mol. The van der Waals surface area contributed by atoms with Crippen LogP contribution in [0.4, 0.5) is 13.2 Å². The summed E-state index contributed by atoms with van der Waals surface area (Å²) in [5.41, 5.74) is 1.67. The minimum atomic E-state index is -4.41. The summed E-state index contributed by atoms with van der Waals surface area (Å²) in [7, 11) is 0. The molecular formula is C18H16F3N3O. The number of halogens is 3. The number of hydrogen-bond donors (Lipinski definition) is 1. The molecule has 0 saturated heterocycles. The number of aromatic nitrogens is 2. The van der Waals surface area contributed by atoms with Gasteiger partial charge in [0, 0.05) is 18.1 Å². The Morgan fingerprint density at radius 3 is 2.72 bits per heavy atom. The zero-order valence-corrected chi connectivity index (χ0v) is 13.6. The Labute approximate surface area is 142 Å². The van der Waals surface area contributed by atoms with Crippen LogP contribution in [0.2, 0.25) is 0 Å². The van der Waals surface area contributed by atoms with Gasteiger partial charge < -0.3 is 9.72 Å². The van der Waals surface area contributed by atoms with Crippen LogP contribution >= 0.6 is 0 Å². The van der Waals surface area contributed by atoms with Crippen molar-refractivity contribution in [3.05, 3.63) is 71.2 Å². The third kappa shape index (κ3) is 3.50. The number of carbonyl (C=O) groups excluding carboxylic acids is 1. The highest BCUT2D eigenvalue weighted by molar-refractivity contribution is 5.94. The first-order chi connectivity index (χ1) is 11.8. The second kappa shape index (κ2) is 6.23. The standard InChI is InChI=1S/C18H16F3N3O/c1-11-9-22-16-7-6-14(10-24(11)16)17(25)23-12(2)13-4-3-5-15(8-13)18(19,20)21/h3-10,12H,1-2H3,(H,23,25). The molecule has 3 rings (SSSR count). The molecule has 1 N–H and O–H groups in total. The lowest BCUT2D eigenvalue weighted by atomic mass is 10.0. The average Bonchev–Trinajstić information content (AvgIpc) is 2.95. The quantitative estimate of drug-likeness (QED) is 0.774. The van der Waals surface area contributed by atoms with Crippen molar-refractivity contribution < 1.29 is 18.0 Å². The number of carbonyl (C=O) groups is 1. The molecule has 0 aliphatic carbocycles. The van der Waals surface area contributed by atoms with Crippen LogP contribution in [0.1, 0.15) is 40.1 Å². The van der Waals surface area contributed by atoms with Gasteiger partial charge in [0.15, 0.2) is 0 Å². The first-order valence-electron chi connectivity index (χ1n) is 7.67. The highest BCUT2D eigenvalue weighted by atomic mass is 19.4. The number of pyridine rings is 1. The molecule has 4 nitrogen and oxygen atoms in total. The van der Waals surface area contributed by atoms with E-state index >= 15 is 0 Å². The largest absolute Gasteiger partial charge is 0.416 e. The Bertz CT molecular complexity index is 931. The highest BCUT2D eigenvalue weighted by Crippen LogP contribution is 2.30. The van der Waals surface area contributed by atoms with E-state index in [-0.39, 0.29) is 5.91 Å². The Kier molecular flexibility index (Phi) is 4.24. The minimum Gasteiger partial charge on any atom is -0.345 e. The molecule has 0 radical (unpaired) electrons. The predicted molar refractivity (Wildman–Crippen MR) is 87.3 cm³/mol. The lowest BCUT2D eigenvalue weighted by molar-refractivity contribution is -0.137. The molecule has 3 aromatic rings. The number of aryl methyl sites for hydroxylation is 1. The van der Waals surface area contributed by atoms with Crippen molar-refractivity contribution in [1.82, 2.24) is 14.7 Å². The topological polar surface area (TPSA) is 46.4 Å². The Morgan fingerprint density at radius 2 is 2.00 bits per heavy atom. The molecule has 0 aliphatic heterocycles. The smallest absolute Gasteiger partial charge is 0.345 e. The molecule has 0 saturated carbocycles. The van der Waals surface area contributed by atoms with E-state index in [0.29, 0.717) is 11.1 Å². The number of hydrogen-bond acceptors (Lipinski definition) is 2. The van der Waals surface area contributed by atoms with Crippen LogP contribution in [0.25, 0.3) is 5.65 Å². The summed E-state index contributed by atoms with van der Waals surface area (Å²) in [5.74, 6) is -0.361. The third-order valence-corrected chi connectivity index (χ3v) is 4.01. The Hall–Kier alpha value is -2.83. The monoisotopic (exact) mass is 347 g/mol. The molecule has 7 heteroatoms. The zero-order valence-electron chi connectivity index (χ0n) is 13.6. The van der Waals surface area contributed by atoms with Crippen molar-refractivity contribution in [3.8, 4) is 0 Å². The molecule has 25 heavy (non-hydrogen) atoms. The number of nitrogens with zero attached hydrogens (tertiary/aromatic N) is 2. The lowest BCUT2D eigenvalue weighted by Crippen LogP contribution is -2.27. The number of nitrogens with one attached hydrogen (secondary N) is 1. The van der Waals surface area contributed by atoms with Crippen LogP contribution in [0.15, 0.2) is 48.8 Å². The van der Waals surface area contributed by atoms with E-state index in [1.807, 2.05) is 6.92 Å². The maximum absolute atomic E-state index is 12.8. The summed E-state index contributed by atoms with van der Waals surface area (Å²) in [6.45, 7) is 3.52. The van der Waals surface area contributed by atoms with Gasteiger partial charge in [-0.25, -0.2) is 4.98 Å². The fourth-order valence-electron chi connectivity index (χ4n) is 2.58. The highest BCUT2D eigenvalue weighted by Gasteiger charge is 2.30. The molecule has 0 aliphatic rings. The van der Waals surface area contributed by atoms with Crippen molar-refractivity contribution in [2.24, 2.45) is 0 Å². The van der Waals surface area contributed by atoms with Gasteiger partial charge in [-0.05, 0) is 43.7 Å². The SMILES string of the molecule is Cc1cnc2ccc(C(=O)NC(C)c3cccc(C(F)(F)F)c3)cn12. The molecule has 1 aromatic carbocycles. The van der Waals surface area contributed by atoms with Gasteiger partial charge in [0.05, 0.1) is 17.2 Å². The Balaban J connectivity index is 1.81. The van der Waals surface area contributed by atoms with Gasteiger partial charge in [-0.2, -0.15) is 13.2 Å². The molecular weight excluding hydrogens is 331 g/mol. The van der Waals surface area contributed by atoms with Crippen LogP contribution in [0, 0.1) is 6.92 Å². The van der Waals surface area contributed by atoms with Gasteiger partial charge in [-0.15, -0.1) is 0 Å². The van der Waals surface area contributed by atoms with Gasteiger partial charge in [0.2, 0.25) is 0 Å². The minimum absolute atomic E-state index is 0.361. The summed E-state index contributed by atoms with van der Waals surface area (Å²) in [5, 5.41) is 2.73. The molecule has 1 unspecified atom stereocenters. The molecule has 1 amide bonds. The number of rotatable bonds is 3. The molecule has 130 valence electrons. The van der Waals surface area contributed by atoms with Gasteiger partial charge in [-0.1, -0.05) is 12.1 Å². The summed E-state index contributed by atoms with van der Waals surface area (Å²) >= 11 is 0. The van der Waals surface area contributed by atoms with Crippen LogP contribution in [-0.2, 0) is 6.18 Å². The second-order valence-electron chi connectivity index (χ2n) is 5.86. The first kappa shape index (κ1) is 17.0. The predicted octanol–water partition coefficient (Wildman–Crippen LogP) is 4.15. The maximum Gasteiger partial charge on any atom is 0.416 e. The first-order valence-corrected chi connectivity index (χ1v) is 7.67. The molecule has 0 spiro atoms. The van der Waals surface area contributed by atoms with Crippen molar-refractivity contribution in [3.63, 3.8) is 0 Å². The van der Waals surface area contributed by atoms with E-state index in [1.54, 1.807) is 41.9 Å². The molecule has 2 heterocycles. The van der Waals surface area contributed by atoms with Crippen LogP contribution in [-0.4, -0.2) is 15.3 Å². The van der Waals surface area contributed by atoms with Crippen molar-refractivity contribution in [2.75, 3.05) is 0 Å². The van der Waals surface area contributed by atoms with Gasteiger partial charge >= 0.3 is 6.18 Å². The second-order valence-corrected chi connectivity index (χ2v) is 5.86. The normalized spacial score (nSPS) is 13.0. The number of amides is 1.